The molecule has 2 aliphatic heterocycles. The van der Waals surface area contributed by atoms with Gasteiger partial charge in [-0.1, -0.05) is 12.1 Å². The molecule has 1 amide bonds. The minimum absolute atomic E-state index is 0.0364. The molecule has 2 atom stereocenters. The van der Waals surface area contributed by atoms with E-state index < -0.39 is 0 Å². The maximum atomic E-state index is 12.8. The van der Waals surface area contributed by atoms with Gasteiger partial charge in [0.2, 0.25) is 0 Å². The van der Waals surface area contributed by atoms with Crippen LogP contribution in [0.15, 0.2) is 24.3 Å². The van der Waals surface area contributed by atoms with Gasteiger partial charge in [0.25, 0.3) is 5.91 Å². The van der Waals surface area contributed by atoms with E-state index in [1.54, 1.807) is 7.11 Å². The van der Waals surface area contributed by atoms with Crippen LogP contribution in [0, 0.1) is 0 Å². The van der Waals surface area contributed by atoms with Crippen LogP contribution in [-0.4, -0.2) is 68.3 Å². The highest BCUT2D eigenvalue weighted by Gasteiger charge is 2.47. The first kappa shape index (κ1) is 17.4. The second kappa shape index (κ2) is 7.21. The molecule has 132 valence electrons. The lowest BCUT2D eigenvalue weighted by Crippen LogP contribution is -2.57. The Morgan fingerprint density at radius 2 is 2.08 bits per heavy atom. The molecule has 1 aromatic rings. The molecule has 2 saturated heterocycles. The summed E-state index contributed by atoms with van der Waals surface area (Å²) in [6, 6.07) is 7.93. The molecule has 2 aliphatic rings. The lowest BCUT2D eigenvalue weighted by atomic mass is 9.85. The zero-order valence-corrected chi connectivity index (χ0v) is 15.0. The van der Waals surface area contributed by atoms with Crippen molar-refractivity contribution in [1.29, 1.82) is 0 Å². The summed E-state index contributed by atoms with van der Waals surface area (Å²) in [5.74, 6) is 0.0845. The van der Waals surface area contributed by atoms with Gasteiger partial charge >= 0.3 is 0 Å². The number of carbonyl (C=O) groups is 1. The number of likely N-dealkylation sites (tertiary alicyclic amines) is 1. The fourth-order valence-corrected chi connectivity index (χ4v) is 3.89. The summed E-state index contributed by atoms with van der Waals surface area (Å²) in [6.45, 7) is 3.03. The third-order valence-electron chi connectivity index (χ3n) is 5.18. The Hall–Kier alpha value is -1.43. The third-order valence-corrected chi connectivity index (χ3v) is 5.18. The van der Waals surface area contributed by atoms with Crippen molar-refractivity contribution in [1.82, 2.24) is 9.80 Å². The molecule has 0 radical (unpaired) electrons. The van der Waals surface area contributed by atoms with Crippen LogP contribution in [0.3, 0.4) is 0 Å². The number of nitrogens with zero attached hydrogens (tertiary/aromatic N) is 2. The second-order valence-electron chi connectivity index (χ2n) is 7.18. The van der Waals surface area contributed by atoms with Gasteiger partial charge in [-0.3, -0.25) is 4.79 Å². The Balaban J connectivity index is 1.67. The van der Waals surface area contributed by atoms with E-state index in [2.05, 4.69) is 4.90 Å². The fraction of sp³-hybridized carbons (Fsp3) is 0.632. The molecule has 2 fully saturated rings. The number of methoxy groups -OCH3 is 1. The lowest BCUT2D eigenvalue weighted by Gasteiger charge is -2.44. The molecule has 3 rings (SSSR count). The van der Waals surface area contributed by atoms with E-state index in [4.69, 9.17) is 9.47 Å². The number of carbonyl (C=O) groups excluding carboxylic acids is 1. The van der Waals surface area contributed by atoms with Crippen molar-refractivity contribution >= 4 is 5.91 Å². The molecular formula is C19H28N2O3. The van der Waals surface area contributed by atoms with Crippen LogP contribution < -0.4 is 0 Å². The minimum Gasteiger partial charge on any atom is -0.377 e. The van der Waals surface area contributed by atoms with Gasteiger partial charge in [-0.25, -0.2) is 0 Å². The number of ether oxygens (including phenoxy) is 2. The molecule has 5 nitrogen and oxygen atoms in total. The topological polar surface area (TPSA) is 42.0 Å². The highest BCUT2D eigenvalue weighted by Crippen LogP contribution is 2.37. The van der Waals surface area contributed by atoms with Gasteiger partial charge in [0.1, 0.15) is 6.10 Å². The van der Waals surface area contributed by atoms with Crippen molar-refractivity contribution in [3.8, 4) is 0 Å². The molecule has 0 saturated carbocycles. The molecule has 0 bridgehead atoms. The van der Waals surface area contributed by atoms with E-state index >= 15 is 0 Å². The van der Waals surface area contributed by atoms with Crippen molar-refractivity contribution in [3.05, 3.63) is 35.4 Å². The van der Waals surface area contributed by atoms with Crippen molar-refractivity contribution in [2.45, 2.75) is 37.5 Å². The van der Waals surface area contributed by atoms with E-state index in [0.717, 1.165) is 44.5 Å². The molecule has 0 N–H and O–H groups in total. The van der Waals surface area contributed by atoms with Crippen LogP contribution in [0.2, 0.25) is 0 Å². The van der Waals surface area contributed by atoms with Gasteiger partial charge < -0.3 is 19.3 Å². The van der Waals surface area contributed by atoms with E-state index in [-0.39, 0.29) is 17.6 Å². The van der Waals surface area contributed by atoms with Gasteiger partial charge in [-0.05, 0) is 51.1 Å². The van der Waals surface area contributed by atoms with Gasteiger partial charge in [-0.15, -0.1) is 0 Å². The van der Waals surface area contributed by atoms with E-state index in [1.807, 2.05) is 43.3 Å². The Bertz CT molecular complexity index is 564. The summed E-state index contributed by atoms with van der Waals surface area (Å²) in [7, 11) is 5.80. The van der Waals surface area contributed by atoms with Crippen molar-refractivity contribution in [3.63, 3.8) is 0 Å². The average Bonchev–Trinajstić information content (AvgIpc) is 3.04. The van der Waals surface area contributed by atoms with Gasteiger partial charge in [0.05, 0.1) is 5.60 Å². The molecule has 5 heteroatoms. The standard InChI is InChI=1S/C19H28N2O3/c1-20(2)13-15-5-7-16(8-6-15)18(22)21-11-10-19(9-4-12-24-19)17(14-21)23-3/h5-8,17H,4,9-14H2,1-3H3/t17-,19-/m0/s1. The van der Waals surface area contributed by atoms with Crippen LogP contribution in [0.25, 0.3) is 0 Å². The summed E-state index contributed by atoms with van der Waals surface area (Å²) < 4.78 is 11.7. The minimum atomic E-state index is -0.179. The fourth-order valence-electron chi connectivity index (χ4n) is 3.89. The summed E-state index contributed by atoms with van der Waals surface area (Å²) in [5, 5.41) is 0. The third kappa shape index (κ3) is 3.48. The molecular weight excluding hydrogens is 304 g/mol. The number of rotatable bonds is 4. The molecule has 0 unspecified atom stereocenters. The van der Waals surface area contributed by atoms with Crippen LogP contribution >= 0.6 is 0 Å². The first-order valence-corrected chi connectivity index (χ1v) is 8.74. The Morgan fingerprint density at radius 1 is 1.33 bits per heavy atom. The molecule has 0 aliphatic carbocycles. The van der Waals surface area contributed by atoms with E-state index in [9.17, 15) is 4.79 Å². The molecule has 24 heavy (non-hydrogen) atoms. The number of piperidine rings is 1. The Labute approximate surface area is 144 Å². The first-order chi connectivity index (χ1) is 11.5. The van der Waals surface area contributed by atoms with Crippen LogP contribution in [0.5, 0.6) is 0 Å². The second-order valence-corrected chi connectivity index (χ2v) is 7.18. The number of hydrogen-bond donors (Lipinski definition) is 0. The summed E-state index contributed by atoms with van der Waals surface area (Å²) in [6.07, 6.45) is 2.94. The quantitative estimate of drug-likeness (QED) is 0.847. The van der Waals surface area contributed by atoms with Crippen LogP contribution in [-0.2, 0) is 16.0 Å². The SMILES string of the molecule is CO[C@H]1CN(C(=O)c2ccc(CN(C)C)cc2)CC[C@@]12CCCO2. The van der Waals surface area contributed by atoms with Gasteiger partial charge in [0, 0.05) is 38.9 Å². The lowest BCUT2D eigenvalue weighted by molar-refractivity contribution is -0.136. The summed E-state index contributed by atoms with van der Waals surface area (Å²) >= 11 is 0. The maximum Gasteiger partial charge on any atom is 0.253 e. The molecule has 2 heterocycles. The van der Waals surface area contributed by atoms with Gasteiger partial charge in [0.15, 0.2) is 0 Å². The number of amides is 1. The average molecular weight is 332 g/mol. The van der Waals surface area contributed by atoms with Crippen LogP contribution in [0.4, 0.5) is 0 Å². The zero-order valence-electron chi connectivity index (χ0n) is 15.0. The molecule has 0 aromatic heterocycles. The van der Waals surface area contributed by atoms with Gasteiger partial charge in [-0.2, -0.15) is 0 Å². The molecule has 1 aromatic carbocycles. The zero-order chi connectivity index (χ0) is 17.2. The molecule has 1 spiro atoms. The normalized spacial score (nSPS) is 27.2. The Kier molecular flexibility index (Phi) is 5.23. The van der Waals surface area contributed by atoms with Crippen molar-refractivity contribution in [2.24, 2.45) is 0 Å². The van der Waals surface area contributed by atoms with Crippen molar-refractivity contribution < 1.29 is 14.3 Å². The summed E-state index contributed by atoms with van der Waals surface area (Å²) in [4.78, 5) is 16.8. The maximum absolute atomic E-state index is 12.8. The number of benzene rings is 1. The van der Waals surface area contributed by atoms with Crippen LogP contribution in [0.1, 0.15) is 35.2 Å². The number of hydrogen-bond acceptors (Lipinski definition) is 4. The van der Waals surface area contributed by atoms with E-state index in [0.29, 0.717) is 6.54 Å². The monoisotopic (exact) mass is 332 g/mol. The predicted octanol–water partition coefficient (Wildman–Crippen LogP) is 2.16. The first-order valence-electron chi connectivity index (χ1n) is 8.74. The highest BCUT2D eigenvalue weighted by molar-refractivity contribution is 5.94. The van der Waals surface area contributed by atoms with Crippen molar-refractivity contribution in [2.75, 3.05) is 40.9 Å². The Morgan fingerprint density at radius 3 is 2.67 bits per heavy atom. The predicted molar refractivity (Wildman–Crippen MR) is 93.1 cm³/mol. The smallest absolute Gasteiger partial charge is 0.253 e. The highest BCUT2D eigenvalue weighted by atomic mass is 16.5. The largest absolute Gasteiger partial charge is 0.377 e. The van der Waals surface area contributed by atoms with E-state index in [1.165, 1.54) is 5.56 Å². The summed E-state index contributed by atoms with van der Waals surface area (Å²) in [5.41, 5.74) is 1.78.